The Balaban J connectivity index is 2.92. The fraction of sp³-hybridized carbons (Fsp3) is 0.600. The molecule has 2 N–H and O–H groups in total. The van der Waals surface area contributed by atoms with Crippen LogP contribution in [0.25, 0.3) is 0 Å². The average Bonchev–Trinajstić information content (AvgIpc) is 2.42. The summed E-state index contributed by atoms with van der Waals surface area (Å²) in [5.74, 6) is 1.31. The smallest absolute Gasteiger partial charge is 0.175 e. The molecule has 0 bridgehead atoms. The fourth-order valence-electron chi connectivity index (χ4n) is 1.82. The highest BCUT2D eigenvalue weighted by molar-refractivity contribution is 9.10. The van der Waals surface area contributed by atoms with Gasteiger partial charge >= 0.3 is 0 Å². The minimum atomic E-state index is -0.384. The highest BCUT2D eigenvalue weighted by Gasteiger charge is 2.13. The van der Waals surface area contributed by atoms with E-state index in [4.69, 9.17) is 15.2 Å². The lowest BCUT2D eigenvalue weighted by atomic mass is 10.0. The van der Waals surface area contributed by atoms with Crippen molar-refractivity contribution in [2.75, 3.05) is 19.9 Å². The van der Waals surface area contributed by atoms with Gasteiger partial charge in [0.05, 0.1) is 24.4 Å². The molecule has 3 nitrogen and oxygen atoms in total. The van der Waals surface area contributed by atoms with Crippen molar-refractivity contribution in [1.29, 1.82) is 0 Å². The Kier molecular flexibility index (Phi) is 7.92. The second kappa shape index (κ2) is 9.19. The van der Waals surface area contributed by atoms with Gasteiger partial charge in [-0.1, -0.05) is 6.92 Å². The molecule has 1 aromatic carbocycles. The van der Waals surface area contributed by atoms with Crippen LogP contribution < -0.4 is 15.2 Å². The molecule has 1 atom stereocenters. The molecule has 0 aliphatic heterocycles. The van der Waals surface area contributed by atoms with Crippen LogP contribution in [0.4, 0.5) is 4.39 Å². The predicted octanol–water partition coefficient (Wildman–Crippen LogP) is 3.87. The van der Waals surface area contributed by atoms with E-state index in [1.165, 1.54) is 0 Å². The SMILES string of the molecule is CCOc1cc(CC(N)CC)cc(Br)c1OCCCF. The summed E-state index contributed by atoms with van der Waals surface area (Å²) >= 11 is 3.49. The van der Waals surface area contributed by atoms with E-state index in [0.29, 0.717) is 31.1 Å². The summed E-state index contributed by atoms with van der Waals surface area (Å²) in [6, 6.07) is 4.08. The summed E-state index contributed by atoms with van der Waals surface area (Å²) in [4.78, 5) is 0. The number of alkyl halides is 1. The summed E-state index contributed by atoms with van der Waals surface area (Å²) in [6.07, 6.45) is 2.09. The zero-order valence-corrected chi connectivity index (χ0v) is 13.7. The van der Waals surface area contributed by atoms with Crippen LogP contribution in [0.5, 0.6) is 11.5 Å². The second-order valence-corrected chi connectivity index (χ2v) is 5.46. The molecule has 1 unspecified atom stereocenters. The summed E-state index contributed by atoms with van der Waals surface area (Å²) in [7, 11) is 0. The molecule has 0 fully saturated rings. The van der Waals surface area contributed by atoms with Gasteiger partial charge in [-0.3, -0.25) is 4.39 Å². The van der Waals surface area contributed by atoms with Crippen molar-refractivity contribution in [3.63, 3.8) is 0 Å². The number of hydrogen-bond acceptors (Lipinski definition) is 3. The molecule has 0 heterocycles. The number of ether oxygens (including phenoxy) is 2. The minimum absolute atomic E-state index is 0.134. The van der Waals surface area contributed by atoms with Crippen LogP contribution in [0.2, 0.25) is 0 Å². The molecule has 0 aliphatic rings. The largest absolute Gasteiger partial charge is 0.490 e. The van der Waals surface area contributed by atoms with Gasteiger partial charge in [0.1, 0.15) is 0 Å². The van der Waals surface area contributed by atoms with Crippen molar-refractivity contribution in [2.45, 2.75) is 39.2 Å². The Bertz CT molecular complexity index is 415. The number of nitrogens with two attached hydrogens (primary N) is 1. The third kappa shape index (κ3) is 5.29. The van der Waals surface area contributed by atoms with Crippen LogP contribution in [0.3, 0.4) is 0 Å². The lowest BCUT2D eigenvalue weighted by Gasteiger charge is -2.16. The first-order valence-corrected chi connectivity index (χ1v) is 7.81. The van der Waals surface area contributed by atoms with Crippen molar-refractivity contribution < 1.29 is 13.9 Å². The van der Waals surface area contributed by atoms with E-state index in [-0.39, 0.29) is 12.7 Å². The normalized spacial score (nSPS) is 12.2. The van der Waals surface area contributed by atoms with E-state index in [2.05, 4.69) is 22.9 Å². The zero-order valence-electron chi connectivity index (χ0n) is 12.1. The van der Waals surface area contributed by atoms with E-state index in [1.807, 2.05) is 19.1 Å². The molecule has 0 amide bonds. The summed E-state index contributed by atoms with van der Waals surface area (Å²) in [6.45, 7) is 4.49. The monoisotopic (exact) mass is 347 g/mol. The van der Waals surface area contributed by atoms with E-state index in [0.717, 1.165) is 22.9 Å². The zero-order chi connectivity index (χ0) is 15.0. The Morgan fingerprint density at radius 1 is 1.30 bits per heavy atom. The quantitative estimate of drug-likeness (QED) is 0.689. The van der Waals surface area contributed by atoms with E-state index in [1.54, 1.807) is 0 Å². The molecule has 0 spiro atoms. The van der Waals surface area contributed by atoms with Gasteiger partial charge in [-0.15, -0.1) is 0 Å². The van der Waals surface area contributed by atoms with Gasteiger partial charge in [0.2, 0.25) is 0 Å². The summed E-state index contributed by atoms with van der Waals surface area (Å²) in [5.41, 5.74) is 7.09. The van der Waals surface area contributed by atoms with Crippen molar-refractivity contribution >= 4 is 15.9 Å². The van der Waals surface area contributed by atoms with Crippen LogP contribution >= 0.6 is 15.9 Å². The van der Waals surface area contributed by atoms with Crippen LogP contribution in [-0.4, -0.2) is 25.9 Å². The maximum Gasteiger partial charge on any atom is 0.175 e. The highest BCUT2D eigenvalue weighted by atomic mass is 79.9. The van der Waals surface area contributed by atoms with Gasteiger partial charge in [0, 0.05) is 12.5 Å². The summed E-state index contributed by atoms with van der Waals surface area (Å²) < 4.78 is 24.2. The Labute approximate surface area is 128 Å². The lowest BCUT2D eigenvalue weighted by molar-refractivity contribution is 0.261. The van der Waals surface area contributed by atoms with Gasteiger partial charge in [0.25, 0.3) is 0 Å². The molecule has 0 aromatic heterocycles. The highest BCUT2D eigenvalue weighted by Crippen LogP contribution is 2.37. The second-order valence-electron chi connectivity index (χ2n) is 4.60. The Hall–Kier alpha value is -0.810. The van der Waals surface area contributed by atoms with Gasteiger partial charge in [-0.05, 0) is 53.4 Å². The lowest BCUT2D eigenvalue weighted by Crippen LogP contribution is -2.21. The molecule has 0 saturated carbocycles. The van der Waals surface area contributed by atoms with Crippen LogP contribution in [0.1, 0.15) is 32.3 Å². The van der Waals surface area contributed by atoms with Gasteiger partial charge in [0.15, 0.2) is 11.5 Å². The van der Waals surface area contributed by atoms with Crippen molar-refractivity contribution in [3.05, 3.63) is 22.2 Å². The van der Waals surface area contributed by atoms with Gasteiger partial charge in [-0.2, -0.15) is 0 Å². The molecule has 114 valence electrons. The molecular weight excluding hydrogens is 325 g/mol. The number of hydrogen-bond donors (Lipinski definition) is 1. The van der Waals surface area contributed by atoms with E-state index < -0.39 is 0 Å². The van der Waals surface area contributed by atoms with Crippen LogP contribution in [-0.2, 0) is 6.42 Å². The van der Waals surface area contributed by atoms with Crippen molar-refractivity contribution in [3.8, 4) is 11.5 Å². The van der Waals surface area contributed by atoms with Crippen molar-refractivity contribution in [2.24, 2.45) is 5.73 Å². The molecule has 0 aliphatic carbocycles. The minimum Gasteiger partial charge on any atom is -0.490 e. The molecule has 0 radical (unpaired) electrons. The molecule has 20 heavy (non-hydrogen) atoms. The Morgan fingerprint density at radius 2 is 2.05 bits per heavy atom. The third-order valence-corrected chi connectivity index (χ3v) is 3.50. The van der Waals surface area contributed by atoms with Crippen LogP contribution in [0.15, 0.2) is 16.6 Å². The van der Waals surface area contributed by atoms with E-state index >= 15 is 0 Å². The first-order chi connectivity index (χ1) is 9.62. The number of benzene rings is 1. The third-order valence-electron chi connectivity index (χ3n) is 2.92. The molecular formula is C15H23BrFNO2. The molecule has 1 aromatic rings. The molecule has 1 rings (SSSR count). The first kappa shape index (κ1) is 17.2. The summed E-state index contributed by atoms with van der Waals surface area (Å²) in [5, 5.41) is 0. The van der Waals surface area contributed by atoms with Gasteiger partial charge < -0.3 is 15.2 Å². The van der Waals surface area contributed by atoms with Crippen LogP contribution in [0, 0.1) is 0 Å². The van der Waals surface area contributed by atoms with Crippen molar-refractivity contribution in [1.82, 2.24) is 0 Å². The fourth-order valence-corrected chi connectivity index (χ4v) is 2.42. The predicted molar refractivity (Wildman–Crippen MR) is 83.4 cm³/mol. The van der Waals surface area contributed by atoms with E-state index in [9.17, 15) is 4.39 Å². The molecule has 0 saturated heterocycles. The number of halogens is 2. The maximum atomic E-state index is 12.2. The average molecular weight is 348 g/mol. The standard InChI is InChI=1S/C15H23BrFNO2/c1-3-12(18)8-11-9-13(16)15(20-7-5-6-17)14(10-11)19-4-2/h9-10,12H,3-8,18H2,1-2H3. The Morgan fingerprint density at radius 3 is 2.65 bits per heavy atom. The first-order valence-electron chi connectivity index (χ1n) is 7.01. The van der Waals surface area contributed by atoms with Gasteiger partial charge in [-0.25, -0.2) is 0 Å². The topological polar surface area (TPSA) is 44.5 Å². The maximum absolute atomic E-state index is 12.2. The number of rotatable bonds is 9. The molecule has 5 heteroatoms.